The van der Waals surface area contributed by atoms with Crippen LogP contribution in [0, 0.1) is 6.92 Å². The molecule has 0 aliphatic heterocycles. The lowest BCUT2D eigenvalue weighted by Crippen LogP contribution is -2.23. The Balaban J connectivity index is 2.36. The maximum Gasteiger partial charge on any atom is 0.0594 e. The Kier molecular flexibility index (Phi) is 4.91. The number of benzene rings is 1. The van der Waals surface area contributed by atoms with Crippen LogP contribution in [-0.2, 0) is 0 Å². The molecule has 0 aliphatic rings. The summed E-state index contributed by atoms with van der Waals surface area (Å²) in [6.07, 6.45) is 3.82. The summed E-state index contributed by atoms with van der Waals surface area (Å²) in [5.41, 5.74) is 5.21. The third-order valence-corrected chi connectivity index (χ3v) is 3.74. The maximum atomic E-state index is 4.28. The summed E-state index contributed by atoms with van der Waals surface area (Å²) in [5, 5.41) is 3.56. The highest BCUT2D eigenvalue weighted by Crippen LogP contribution is 2.25. The standard InChI is InChI=1S/C18H24N2/c1-5-20-18(17-12-19-11-10-14(17)4)16-8-6-15(7-9-16)13(2)3/h6-13,18,20H,5H2,1-4H3. The van der Waals surface area contributed by atoms with Gasteiger partial charge in [-0.1, -0.05) is 45.0 Å². The summed E-state index contributed by atoms with van der Waals surface area (Å²) in [4.78, 5) is 4.28. The number of nitrogens with zero attached hydrogens (tertiary/aromatic N) is 1. The van der Waals surface area contributed by atoms with Crippen molar-refractivity contribution in [2.45, 2.75) is 39.7 Å². The quantitative estimate of drug-likeness (QED) is 0.878. The fraction of sp³-hybridized carbons (Fsp3) is 0.389. The molecule has 2 rings (SSSR count). The first-order chi connectivity index (χ1) is 9.63. The third kappa shape index (κ3) is 3.26. The SMILES string of the molecule is CCNC(c1ccc(C(C)C)cc1)c1cnccc1C. The maximum absolute atomic E-state index is 4.28. The number of pyridine rings is 1. The van der Waals surface area contributed by atoms with E-state index < -0.39 is 0 Å². The average molecular weight is 268 g/mol. The fourth-order valence-electron chi connectivity index (χ4n) is 2.46. The Morgan fingerprint density at radius 2 is 1.70 bits per heavy atom. The van der Waals surface area contributed by atoms with E-state index in [4.69, 9.17) is 0 Å². The topological polar surface area (TPSA) is 24.9 Å². The van der Waals surface area contributed by atoms with Gasteiger partial charge in [0.2, 0.25) is 0 Å². The van der Waals surface area contributed by atoms with Crippen LogP contribution in [0.25, 0.3) is 0 Å². The molecule has 1 aromatic heterocycles. The summed E-state index contributed by atoms with van der Waals surface area (Å²) in [6, 6.07) is 11.2. The zero-order chi connectivity index (χ0) is 14.5. The molecule has 106 valence electrons. The molecule has 0 radical (unpaired) electrons. The number of hydrogen-bond acceptors (Lipinski definition) is 2. The Morgan fingerprint density at radius 1 is 1.05 bits per heavy atom. The molecule has 0 saturated heterocycles. The van der Waals surface area contributed by atoms with E-state index in [0.29, 0.717) is 5.92 Å². The summed E-state index contributed by atoms with van der Waals surface area (Å²) in [7, 11) is 0. The molecule has 1 N–H and O–H groups in total. The van der Waals surface area contributed by atoms with Gasteiger partial charge in [-0.25, -0.2) is 0 Å². The summed E-state index contributed by atoms with van der Waals surface area (Å²) in [5.74, 6) is 0.571. The van der Waals surface area contributed by atoms with Crippen LogP contribution in [0.5, 0.6) is 0 Å². The number of hydrogen-bond donors (Lipinski definition) is 1. The van der Waals surface area contributed by atoms with Gasteiger partial charge < -0.3 is 5.32 Å². The van der Waals surface area contributed by atoms with E-state index in [1.54, 1.807) is 0 Å². The van der Waals surface area contributed by atoms with Crippen LogP contribution in [0.3, 0.4) is 0 Å². The van der Waals surface area contributed by atoms with Crippen molar-refractivity contribution in [3.63, 3.8) is 0 Å². The molecule has 0 amide bonds. The number of aromatic nitrogens is 1. The molecule has 1 heterocycles. The first kappa shape index (κ1) is 14.7. The summed E-state index contributed by atoms with van der Waals surface area (Å²) < 4.78 is 0. The molecular formula is C18H24N2. The van der Waals surface area contributed by atoms with E-state index in [-0.39, 0.29) is 6.04 Å². The largest absolute Gasteiger partial charge is 0.306 e. The minimum atomic E-state index is 0.218. The van der Waals surface area contributed by atoms with E-state index in [1.165, 1.54) is 22.3 Å². The van der Waals surface area contributed by atoms with Crippen molar-refractivity contribution in [3.8, 4) is 0 Å². The van der Waals surface area contributed by atoms with Crippen LogP contribution in [0.2, 0.25) is 0 Å². The third-order valence-electron chi connectivity index (χ3n) is 3.74. The predicted molar refractivity (Wildman–Crippen MR) is 85.0 cm³/mol. The van der Waals surface area contributed by atoms with Crippen molar-refractivity contribution < 1.29 is 0 Å². The van der Waals surface area contributed by atoms with Crippen LogP contribution >= 0.6 is 0 Å². The van der Waals surface area contributed by atoms with Gasteiger partial charge in [-0.2, -0.15) is 0 Å². The van der Waals surface area contributed by atoms with Gasteiger partial charge in [-0.3, -0.25) is 4.98 Å². The average Bonchev–Trinajstić information content (AvgIpc) is 2.46. The number of aryl methyl sites for hydroxylation is 1. The van der Waals surface area contributed by atoms with Gasteiger partial charge >= 0.3 is 0 Å². The van der Waals surface area contributed by atoms with E-state index in [9.17, 15) is 0 Å². The van der Waals surface area contributed by atoms with Crippen molar-refractivity contribution >= 4 is 0 Å². The highest BCUT2D eigenvalue weighted by Gasteiger charge is 2.15. The highest BCUT2D eigenvalue weighted by atomic mass is 14.9. The lowest BCUT2D eigenvalue weighted by atomic mass is 9.94. The van der Waals surface area contributed by atoms with Gasteiger partial charge in [-0.15, -0.1) is 0 Å². The van der Waals surface area contributed by atoms with Gasteiger partial charge in [0.15, 0.2) is 0 Å². The van der Waals surface area contributed by atoms with Crippen molar-refractivity contribution in [1.82, 2.24) is 10.3 Å². The molecule has 0 aliphatic carbocycles. The minimum Gasteiger partial charge on any atom is -0.306 e. The van der Waals surface area contributed by atoms with Gasteiger partial charge in [0.1, 0.15) is 0 Å². The molecule has 2 aromatic rings. The van der Waals surface area contributed by atoms with Crippen molar-refractivity contribution in [2.75, 3.05) is 6.54 Å². The fourth-order valence-corrected chi connectivity index (χ4v) is 2.46. The normalized spacial score (nSPS) is 12.7. The Hall–Kier alpha value is -1.67. The lowest BCUT2D eigenvalue weighted by Gasteiger charge is -2.21. The monoisotopic (exact) mass is 268 g/mol. The van der Waals surface area contributed by atoms with Crippen LogP contribution in [0.4, 0.5) is 0 Å². The molecule has 20 heavy (non-hydrogen) atoms. The molecule has 1 unspecified atom stereocenters. The van der Waals surface area contributed by atoms with Crippen molar-refractivity contribution in [3.05, 3.63) is 65.0 Å². The van der Waals surface area contributed by atoms with Gasteiger partial charge in [0.25, 0.3) is 0 Å². The lowest BCUT2D eigenvalue weighted by molar-refractivity contribution is 0.625. The van der Waals surface area contributed by atoms with Gasteiger partial charge in [-0.05, 0) is 47.7 Å². The molecule has 0 bridgehead atoms. The Morgan fingerprint density at radius 3 is 2.25 bits per heavy atom. The molecule has 1 atom stereocenters. The predicted octanol–water partition coefficient (Wildman–Crippen LogP) is 4.21. The summed E-state index contributed by atoms with van der Waals surface area (Å²) >= 11 is 0. The highest BCUT2D eigenvalue weighted by molar-refractivity contribution is 5.36. The second kappa shape index (κ2) is 6.67. The summed E-state index contributed by atoms with van der Waals surface area (Å²) in [6.45, 7) is 9.67. The van der Waals surface area contributed by atoms with Crippen molar-refractivity contribution in [2.24, 2.45) is 0 Å². The van der Waals surface area contributed by atoms with E-state index in [1.807, 2.05) is 12.4 Å². The van der Waals surface area contributed by atoms with E-state index in [2.05, 4.69) is 68.3 Å². The van der Waals surface area contributed by atoms with E-state index >= 15 is 0 Å². The zero-order valence-electron chi connectivity index (χ0n) is 12.9. The van der Waals surface area contributed by atoms with Gasteiger partial charge in [0, 0.05) is 12.4 Å². The van der Waals surface area contributed by atoms with Crippen LogP contribution in [0.1, 0.15) is 55.0 Å². The molecule has 0 fully saturated rings. The minimum absolute atomic E-state index is 0.218. The second-order valence-corrected chi connectivity index (χ2v) is 5.54. The number of nitrogens with one attached hydrogen (secondary N) is 1. The van der Waals surface area contributed by atoms with Crippen LogP contribution in [-0.4, -0.2) is 11.5 Å². The number of rotatable bonds is 5. The first-order valence-corrected chi connectivity index (χ1v) is 7.37. The first-order valence-electron chi connectivity index (χ1n) is 7.37. The zero-order valence-corrected chi connectivity index (χ0v) is 12.9. The molecule has 2 heteroatoms. The van der Waals surface area contributed by atoms with Gasteiger partial charge in [0.05, 0.1) is 6.04 Å². The van der Waals surface area contributed by atoms with Crippen LogP contribution < -0.4 is 5.32 Å². The Bertz CT molecular complexity index is 544. The molecule has 0 spiro atoms. The molecule has 2 nitrogen and oxygen atoms in total. The smallest absolute Gasteiger partial charge is 0.0594 e. The Labute approximate surface area is 122 Å². The second-order valence-electron chi connectivity index (χ2n) is 5.54. The van der Waals surface area contributed by atoms with Crippen molar-refractivity contribution in [1.29, 1.82) is 0 Å². The molecule has 0 saturated carbocycles. The van der Waals surface area contributed by atoms with Crippen LogP contribution in [0.15, 0.2) is 42.7 Å². The van der Waals surface area contributed by atoms with E-state index in [0.717, 1.165) is 6.54 Å². The molecular weight excluding hydrogens is 244 g/mol. The molecule has 1 aromatic carbocycles.